The highest BCUT2D eigenvalue weighted by Crippen LogP contribution is 2.42. The molecular weight excluding hydrogens is 264 g/mol. The van der Waals surface area contributed by atoms with Crippen molar-refractivity contribution in [2.24, 2.45) is 0 Å². The van der Waals surface area contributed by atoms with Gasteiger partial charge in [-0.3, -0.25) is 4.90 Å². The van der Waals surface area contributed by atoms with E-state index in [0.717, 1.165) is 0 Å². The van der Waals surface area contributed by atoms with Crippen molar-refractivity contribution >= 4 is 11.8 Å². The minimum absolute atomic E-state index is 0.492. The number of hydrogen-bond acceptors (Lipinski definition) is 3. The Morgan fingerprint density at radius 2 is 1.75 bits per heavy atom. The van der Waals surface area contributed by atoms with Crippen LogP contribution in [0.1, 0.15) is 64.7 Å². The third-order valence-electron chi connectivity index (χ3n) is 5.97. The Labute approximate surface area is 129 Å². The summed E-state index contributed by atoms with van der Waals surface area (Å²) in [6, 6.07) is 0. The Kier molecular flexibility index (Phi) is 4.99. The third-order valence-corrected chi connectivity index (χ3v) is 6.96. The minimum atomic E-state index is 0.492. The molecule has 0 unspecified atom stereocenters. The summed E-state index contributed by atoms with van der Waals surface area (Å²) in [5, 5.41) is 4.01. The molecule has 20 heavy (non-hydrogen) atoms. The van der Waals surface area contributed by atoms with E-state index in [-0.39, 0.29) is 0 Å². The number of rotatable bonds is 5. The normalized spacial score (nSPS) is 28.6. The molecule has 0 bridgehead atoms. The molecule has 2 aliphatic carbocycles. The average Bonchev–Trinajstić information content (AvgIpc) is 3.10. The fraction of sp³-hybridized carbons (Fsp3) is 1.00. The smallest absolute Gasteiger partial charge is 0.0334 e. The highest BCUT2D eigenvalue weighted by Gasteiger charge is 2.48. The predicted molar refractivity (Wildman–Crippen MR) is 89.6 cm³/mol. The topological polar surface area (TPSA) is 15.3 Å². The molecule has 0 aromatic carbocycles. The van der Waals surface area contributed by atoms with Crippen LogP contribution < -0.4 is 5.32 Å². The van der Waals surface area contributed by atoms with Gasteiger partial charge in [0.05, 0.1) is 0 Å². The average molecular weight is 297 g/mol. The van der Waals surface area contributed by atoms with Gasteiger partial charge in [0.15, 0.2) is 0 Å². The van der Waals surface area contributed by atoms with Crippen LogP contribution in [0.4, 0.5) is 0 Å². The molecule has 0 aromatic rings. The summed E-state index contributed by atoms with van der Waals surface area (Å²) >= 11 is 2.11. The van der Waals surface area contributed by atoms with E-state index in [1.807, 2.05) is 0 Å². The number of piperazine rings is 1. The molecular formula is C17H32N2S. The highest BCUT2D eigenvalue weighted by atomic mass is 32.2. The minimum Gasteiger partial charge on any atom is -0.308 e. The maximum Gasteiger partial charge on any atom is 0.0334 e. The van der Waals surface area contributed by atoms with Crippen LogP contribution in [0.5, 0.6) is 0 Å². The molecule has 0 amide bonds. The largest absolute Gasteiger partial charge is 0.308 e. The van der Waals surface area contributed by atoms with Gasteiger partial charge < -0.3 is 5.32 Å². The summed E-state index contributed by atoms with van der Waals surface area (Å²) in [5.74, 6) is 2.63. The maximum absolute atomic E-state index is 4.01. The van der Waals surface area contributed by atoms with Gasteiger partial charge in [-0.1, -0.05) is 32.6 Å². The summed E-state index contributed by atoms with van der Waals surface area (Å²) in [4.78, 5) is 2.93. The van der Waals surface area contributed by atoms with Gasteiger partial charge in [-0.15, -0.1) is 0 Å². The predicted octanol–water partition coefficient (Wildman–Crippen LogP) is 3.66. The van der Waals surface area contributed by atoms with E-state index < -0.39 is 0 Å². The molecule has 1 N–H and O–H groups in total. The van der Waals surface area contributed by atoms with E-state index in [0.29, 0.717) is 11.1 Å². The van der Waals surface area contributed by atoms with Gasteiger partial charge in [0.25, 0.3) is 0 Å². The van der Waals surface area contributed by atoms with Crippen LogP contribution in [0.2, 0.25) is 0 Å². The molecule has 3 fully saturated rings. The molecule has 3 heteroatoms. The van der Waals surface area contributed by atoms with E-state index in [2.05, 4.69) is 28.9 Å². The quantitative estimate of drug-likeness (QED) is 0.780. The Balaban J connectivity index is 1.62. The van der Waals surface area contributed by atoms with Crippen molar-refractivity contribution in [2.75, 3.05) is 31.1 Å². The van der Waals surface area contributed by atoms with E-state index >= 15 is 0 Å². The molecule has 1 saturated heterocycles. The molecule has 0 atom stereocenters. The summed E-state index contributed by atoms with van der Waals surface area (Å²) < 4.78 is 0. The van der Waals surface area contributed by atoms with Crippen molar-refractivity contribution in [2.45, 2.75) is 75.8 Å². The fourth-order valence-corrected chi connectivity index (χ4v) is 5.41. The zero-order valence-electron chi connectivity index (χ0n) is 13.3. The van der Waals surface area contributed by atoms with Crippen molar-refractivity contribution in [1.82, 2.24) is 10.2 Å². The lowest BCUT2D eigenvalue weighted by Gasteiger charge is -2.53. The first kappa shape index (κ1) is 15.2. The Morgan fingerprint density at radius 1 is 1.05 bits per heavy atom. The van der Waals surface area contributed by atoms with Gasteiger partial charge >= 0.3 is 0 Å². The van der Waals surface area contributed by atoms with Crippen molar-refractivity contribution in [3.63, 3.8) is 0 Å². The summed E-state index contributed by atoms with van der Waals surface area (Å²) in [6.07, 6.45) is 12.9. The Morgan fingerprint density at radius 3 is 2.45 bits per heavy atom. The molecule has 2 spiro atoms. The first-order valence-corrected chi connectivity index (χ1v) is 10.0. The van der Waals surface area contributed by atoms with Crippen molar-refractivity contribution in [3.05, 3.63) is 0 Å². The van der Waals surface area contributed by atoms with Crippen LogP contribution >= 0.6 is 11.8 Å². The van der Waals surface area contributed by atoms with Crippen molar-refractivity contribution in [3.8, 4) is 0 Å². The van der Waals surface area contributed by atoms with E-state index in [1.54, 1.807) is 0 Å². The van der Waals surface area contributed by atoms with Crippen LogP contribution in [-0.4, -0.2) is 47.1 Å². The number of thioether (sulfide) groups is 1. The van der Waals surface area contributed by atoms with Gasteiger partial charge in [-0.25, -0.2) is 0 Å². The van der Waals surface area contributed by atoms with E-state index in [4.69, 9.17) is 0 Å². The fourth-order valence-electron chi connectivity index (χ4n) is 4.78. The molecule has 1 aliphatic heterocycles. The second-order valence-corrected chi connectivity index (χ2v) is 8.64. The highest BCUT2D eigenvalue weighted by molar-refractivity contribution is 7.99. The third kappa shape index (κ3) is 3.05. The number of nitrogens with zero attached hydrogens (tertiary/aromatic N) is 1. The van der Waals surface area contributed by atoms with Crippen LogP contribution in [0.15, 0.2) is 0 Å². The molecule has 0 aromatic heterocycles. The second-order valence-electron chi connectivity index (χ2n) is 7.24. The zero-order valence-corrected chi connectivity index (χ0v) is 14.1. The first-order chi connectivity index (χ1) is 9.79. The SMILES string of the molecule is CCSCCCN1CC2(CCCC2)NCC12CCCC2. The standard InChI is InChI=1S/C17H32N2S/c1-2-20-13-7-12-19-15-16(8-3-4-9-16)18-14-17(19)10-5-6-11-17/h18H,2-15H2,1H3. The van der Waals surface area contributed by atoms with Crippen LogP contribution in [0.3, 0.4) is 0 Å². The summed E-state index contributed by atoms with van der Waals surface area (Å²) in [7, 11) is 0. The molecule has 2 saturated carbocycles. The summed E-state index contributed by atoms with van der Waals surface area (Å²) in [5.41, 5.74) is 1.02. The molecule has 2 nitrogen and oxygen atoms in total. The van der Waals surface area contributed by atoms with Gasteiger partial charge in [-0.2, -0.15) is 11.8 Å². The van der Waals surface area contributed by atoms with Gasteiger partial charge in [0.1, 0.15) is 0 Å². The van der Waals surface area contributed by atoms with E-state index in [1.165, 1.54) is 88.9 Å². The maximum atomic E-state index is 4.01. The van der Waals surface area contributed by atoms with Crippen LogP contribution in [0, 0.1) is 0 Å². The lowest BCUT2D eigenvalue weighted by Crippen LogP contribution is -2.68. The van der Waals surface area contributed by atoms with Crippen molar-refractivity contribution in [1.29, 1.82) is 0 Å². The number of nitrogens with one attached hydrogen (secondary N) is 1. The van der Waals surface area contributed by atoms with Crippen molar-refractivity contribution < 1.29 is 0 Å². The zero-order chi connectivity index (χ0) is 13.9. The molecule has 0 radical (unpaired) electrons. The lowest BCUT2D eigenvalue weighted by atomic mass is 9.84. The molecule has 3 rings (SSSR count). The second kappa shape index (κ2) is 6.58. The van der Waals surface area contributed by atoms with E-state index in [9.17, 15) is 0 Å². The number of hydrogen-bond donors (Lipinski definition) is 1. The molecule has 1 heterocycles. The first-order valence-electron chi connectivity index (χ1n) is 8.87. The Hall–Kier alpha value is 0.270. The Bertz CT molecular complexity index is 306. The lowest BCUT2D eigenvalue weighted by molar-refractivity contribution is 0.00966. The van der Waals surface area contributed by atoms with Crippen LogP contribution in [0.25, 0.3) is 0 Å². The van der Waals surface area contributed by atoms with Crippen LogP contribution in [-0.2, 0) is 0 Å². The van der Waals surface area contributed by atoms with Gasteiger partial charge in [-0.05, 0) is 50.2 Å². The molecule has 3 aliphatic rings. The summed E-state index contributed by atoms with van der Waals surface area (Å²) in [6.45, 7) is 6.23. The monoisotopic (exact) mass is 296 g/mol. The molecule has 116 valence electrons. The van der Waals surface area contributed by atoms with Gasteiger partial charge in [0, 0.05) is 24.2 Å². The van der Waals surface area contributed by atoms with Gasteiger partial charge in [0.2, 0.25) is 0 Å².